The number of likely N-dealkylation sites (N-methyl/N-ethyl adjacent to an activating group) is 1. The second-order valence-electron chi connectivity index (χ2n) is 5.44. The molecule has 1 aliphatic heterocycles. The molecule has 1 saturated heterocycles. The molecule has 2 rings (SSSR count). The van der Waals surface area contributed by atoms with Crippen LogP contribution in [0.5, 0.6) is 0 Å². The van der Waals surface area contributed by atoms with Crippen LogP contribution in [0.2, 0.25) is 0 Å². The molecule has 0 spiro atoms. The Bertz CT molecular complexity index is 469. The molecule has 4 N–H and O–H groups in total. The molecule has 1 fully saturated rings. The first-order valence-corrected chi connectivity index (χ1v) is 7.67. The number of nitrogen functional groups attached to an aromatic ring is 1. The number of rotatable bonds is 5. The van der Waals surface area contributed by atoms with Gasteiger partial charge in [0.2, 0.25) is 0 Å². The predicted octanol–water partition coefficient (Wildman–Crippen LogP) is 1.14. The molecule has 0 radical (unpaired) electrons. The van der Waals surface area contributed by atoms with E-state index >= 15 is 0 Å². The van der Waals surface area contributed by atoms with Gasteiger partial charge in [0.05, 0.1) is 0 Å². The van der Waals surface area contributed by atoms with Gasteiger partial charge < -0.3 is 15.6 Å². The highest BCUT2D eigenvalue weighted by molar-refractivity contribution is 5.95. The second kappa shape index (κ2) is 7.38. The predicted molar refractivity (Wildman–Crippen MR) is 84.0 cm³/mol. The molecule has 6 heteroatoms. The zero-order valence-electron chi connectivity index (χ0n) is 12.9. The molecule has 0 aromatic carbocycles. The average molecular weight is 291 g/mol. The van der Waals surface area contributed by atoms with Crippen molar-refractivity contribution in [1.29, 1.82) is 0 Å². The smallest absolute Gasteiger partial charge is 0.251 e. The van der Waals surface area contributed by atoms with E-state index in [2.05, 4.69) is 27.6 Å². The van der Waals surface area contributed by atoms with E-state index in [1.165, 1.54) is 0 Å². The Labute approximate surface area is 126 Å². The lowest BCUT2D eigenvalue weighted by Gasteiger charge is -2.32. The zero-order valence-corrected chi connectivity index (χ0v) is 12.9. The summed E-state index contributed by atoms with van der Waals surface area (Å²) in [5.74, 6) is 5.89. The number of hydrogen-bond acceptors (Lipinski definition) is 5. The fourth-order valence-electron chi connectivity index (χ4n) is 2.70. The van der Waals surface area contributed by atoms with Crippen molar-refractivity contribution in [2.24, 2.45) is 5.84 Å². The number of aryl methyl sites for hydroxylation is 1. The Morgan fingerprint density at radius 1 is 1.48 bits per heavy atom. The van der Waals surface area contributed by atoms with Gasteiger partial charge in [-0.15, -0.1) is 0 Å². The van der Waals surface area contributed by atoms with Crippen LogP contribution in [0.3, 0.4) is 0 Å². The van der Waals surface area contributed by atoms with E-state index in [-0.39, 0.29) is 11.9 Å². The van der Waals surface area contributed by atoms with Gasteiger partial charge in [-0.2, -0.15) is 0 Å². The van der Waals surface area contributed by atoms with E-state index in [1.807, 2.05) is 13.0 Å². The minimum absolute atomic E-state index is 0.0495. The number of anilines is 1. The van der Waals surface area contributed by atoms with E-state index in [1.54, 1.807) is 6.07 Å². The van der Waals surface area contributed by atoms with Crippen LogP contribution in [-0.4, -0.2) is 41.5 Å². The number of hydrogen-bond donors (Lipinski definition) is 3. The molecule has 2 heterocycles. The number of nitrogens with zero attached hydrogens (tertiary/aromatic N) is 2. The molecule has 116 valence electrons. The standard InChI is InChI=1S/C15H25N5O/c1-3-12-8-11(9-14(17-12)19-16)15(21)18-13-6-5-7-20(4-2)10-13/h8-9,13H,3-7,10,16H2,1-2H3,(H,17,19)(H,18,21). The van der Waals surface area contributed by atoms with Gasteiger partial charge in [0.25, 0.3) is 5.91 Å². The minimum Gasteiger partial charge on any atom is -0.348 e. The number of carbonyl (C=O) groups is 1. The molecule has 0 saturated carbocycles. The van der Waals surface area contributed by atoms with Crippen LogP contribution >= 0.6 is 0 Å². The molecule has 1 aromatic rings. The third kappa shape index (κ3) is 4.15. The van der Waals surface area contributed by atoms with Crippen molar-refractivity contribution in [1.82, 2.24) is 15.2 Å². The van der Waals surface area contributed by atoms with Crippen LogP contribution in [0.4, 0.5) is 5.82 Å². The monoisotopic (exact) mass is 291 g/mol. The van der Waals surface area contributed by atoms with Crippen LogP contribution in [0, 0.1) is 0 Å². The van der Waals surface area contributed by atoms with E-state index in [4.69, 9.17) is 5.84 Å². The molecule has 1 atom stereocenters. The van der Waals surface area contributed by atoms with Gasteiger partial charge in [0, 0.05) is 23.8 Å². The molecule has 1 amide bonds. The van der Waals surface area contributed by atoms with Crippen molar-refractivity contribution in [3.63, 3.8) is 0 Å². The van der Waals surface area contributed by atoms with Gasteiger partial charge in [-0.1, -0.05) is 13.8 Å². The van der Waals surface area contributed by atoms with Crippen molar-refractivity contribution < 1.29 is 4.79 Å². The first-order chi connectivity index (χ1) is 10.2. The first kappa shape index (κ1) is 15.7. The maximum absolute atomic E-state index is 12.4. The lowest BCUT2D eigenvalue weighted by atomic mass is 10.0. The Hall–Kier alpha value is -1.66. The van der Waals surface area contributed by atoms with Crippen LogP contribution < -0.4 is 16.6 Å². The van der Waals surface area contributed by atoms with E-state index in [9.17, 15) is 4.79 Å². The number of hydrazine groups is 1. The molecule has 1 aromatic heterocycles. The Morgan fingerprint density at radius 3 is 2.95 bits per heavy atom. The second-order valence-corrected chi connectivity index (χ2v) is 5.44. The number of carbonyl (C=O) groups excluding carboxylic acids is 1. The number of aromatic nitrogens is 1. The van der Waals surface area contributed by atoms with Crippen molar-refractivity contribution in [2.75, 3.05) is 25.1 Å². The van der Waals surface area contributed by atoms with Crippen molar-refractivity contribution in [3.05, 3.63) is 23.4 Å². The molecule has 1 aliphatic rings. The highest BCUT2D eigenvalue weighted by atomic mass is 16.1. The summed E-state index contributed by atoms with van der Waals surface area (Å²) in [5, 5.41) is 3.13. The Morgan fingerprint density at radius 2 is 2.29 bits per heavy atom. The van der Waals surface area contributed by atoms with Crippen molar-refractivity contribution in [2.45, 2.75) is 39.2 Å². The normalized spacial score (nSPS) is 19.3. The van der Waals surface area contributed by atoms with Crippen molar-refractivity contribution >= 4 is 11.7 Å². The Balaban J connectivity index is 2.05. The number of nitrogens with one attached hydrogen (secondary N) is 2. The third-order valence-electron chi connectivity index (χ3n) is 3.94. The van der Waals surface area contributed by atoms with Gasteiger partial charge in [-0.25, -0.2) is 10.8 Å². The van der Waals surface area contributed by atoms with E-state index < -0.39 is 0 Å². The topological polar surface area (TPSA) is 83.3 Å². The number of nitrogens with two attached hydrogens (primary N) is 1. The highest BCUT2D eigenvalue weighted by Crippen LogP contribution is 2.13. The third-order valence-corrected chi connectivity index (χ3v) is 3.94. The average Bonchev–Trinajstić information content (AvgIpc) is 2.54. The van der Waals surface area contributed by atoms with Crippen LogP contribution in [0.15, 0.2) is 12.1 Å². The van der Waals surface area contributed by atoms with Crippen molar-refractivity contribution in [3.8, 4) is 0 Å². The summed E-state index contributed by atoms with van der Waals surface area (Å²) in [4.78, 5) is 19.1. The number of pyridine rings is 1. The van der Waals surface area contributed by atoms with Gasteiger partial charge in [-0.3, -0.25) is 4.79 Å². The molecule has 0 bridgehead atoms. The van der Waals surface area contributed by atoms with Gasteiger partial charge in [0.15, 0.2) is 0 Å². The van der Waals surface area contributed by atoms with Crippen LogP contribution in [0.1, 0.15) is 42.7 Å². The maximum Gasteiger partial charge on any atom is 0.251 e. The molecule has 21 heavy (non-hydrogen) atoms. The Kier molecular flexibility index (Phi) is 5.52. The minimum atomic E-state index is -0.0495. The summed E-state index contributed by atoms with van der Waals surface area (Å²) in [6, 6.07) is 3.74. The quantitative estimate of drug-likeness (QED) is 0.560. The number of amides is 1. The lowest BCUT2D eigenvalue weighted by Crippen LogP contribution is -2.47. The fourth-order valence-corrected chi connectivity index (χ4v) is 2.70. The SMILES string of the molecule is CCc1cc(C(=O)NC2CCCN(CC)C2)cc(NN)n1. The van der Waals surface area contributed by atoms with Gasteiger partial charge in [0.1, 0.15) is 5.82 Å². The fraction of sp³-hybridized carbons (Fsp3) is 0.600. The van der Waals surface area contributed by atoms with Gasteiger partial charge >= 0.3 is 0 Å². The summed E-state index contributed by atoms with van der Waals surface area (Å²) < 4.78 is 0. The largest absolute Gasteiger partial charge is 0.348 e. The molecule has 1 unspecified atom stereocenters. The summed E-state index contributed by atoms with van der Waals surface area (Å²) in [6.45, 7) is 7.24. The molecule has 0 aliphatic carbocycles. The molecular weight excluding hydrogens is 266 g/mol. The van der Waals surface area contributed by atoms with E-state index in [0.717, 1.165) is 44.6 Å². The number of likely N-dealkylation sites (tertiary alicyclic amines) is 1. The maximum atomic E-state index is 12.4. The summed E-state index contributed by atoms with van der Waals surface area (Å²) >= 11 is 0. The lowest BCUT2D eigenvalue weighted by molar-refractivity contribution is 0.0905. The summed E-state index contributed by atoms with van der Waals surface area (Å²) in [7, 11) is 0. The van der Waals surface area contributed by atoms with E-state index in [0.29, 0.717) is 11.4 Å². The van der Waals surface area contributed by atoms with Crippen LogP contribution in [-0.2, 0) is 6.42 Å². The highest BCUT2D eigenvalue weighted by Gasteiger charge is 2.21. The zero-order chi connectivity index (χ0) is 15.2. The summed E-state index contributed by atoms with van der Waals surface area (Å²) in [5.41, 5.74) is 3.99. The van der Waals surface area contributed by atoms with Gasteiger partial charge in [-0.05, 0) is 44.5 Å². The first-order valence-electron chi connectivity index (χ1n) is 7.67. The molecule has 6 nitrogen and oxygen atoms in total. The molecular formula is C15H25N5O. The van der Waals surface area contributed by atoms with Crippen LogP contribution in [0.25, 0.3) is 0 Å². The number of piperidine rings is 1. The summed E-state index contributed by atoms with van der Waals surface area (Å²) in [6.07, 6.45) is 2.93.